The Morgan fingerprint density at radius 3 is 2.89 bits per heavy atom. The van der Waals surface area contributed by atoms with Crippen molar-refractivity contribution >= 4 is 17.3 Å². The Kier molecular flexibility index (Phi) is 2.73. The number of hydrogen-bond acceptors (Lipinski definition) is 3. The molecule has 0 spiro atoms. The molecule has 100 valence electrons. The van der Waals surface area contributed by atoms with Crippen LogP contribution in [0.15, 0.2) is 30.4 Å². The number of benzene rings is 1. The maximum absolute atomic E-state index is 11.4. The molecule has 0 saturated carbocycles. The Bertz CT molecular complexity index is 551. The van der Waals surface area contributed by atoms with Crippen LogP contribution in [0.1, 0.15) is 17.9 Å². The topological polar surface area (TPSA) is 52.6 Å². The lowest BCUT2D eigenvalue weighted by atomic mass is 9.79. The molecule has 3 atom stereocenters. The molecule has 4 nitrogen and oxygen atoms in total. The van der Waals surface area contributed by atoms with Gasteiger partial charge in [-0.25, -0.2) is 4.79 Å². The van der Waals surface area contributed by atoms with Crippen LogP contribution in [0.3, 0.4) is 0 Å². The number of anilines is 2. The van der Waals surface area contributed by atoms with Crippen molar-refractivity contribution in [3.05, 3.63) is 35.9 Å². The predicted octanol–water partition coefficient (Wildman–Crippen LogP) is 2.29. The van der Waals surface area contributed by atoms with E-state index in [2.05, 4.69) is 28.4 Å². The Balaban J connectivity index is 2.05. The van der Waals surface area contributed by atoms with E-state index < -0.39 is 12.0 Å². The quantitative estimate of drug-likeness (QED) is 0.799. The van der Waals surface area contributed by atoms with E-state index >= 15 is 0 Å². The largest absolute Gasteiger partial charge is 0.480 e. The zero-order valence-electron chi connectivity index (χ0n) is 11.1. The summed E-state index contributed by atoms with van der Waals surface area (Å²) in [5.41, 5.74) is 3.31. The number of hydrogen-bond donors (Lipinski definition) is 2. The van der Waals surface area contributed by atoms with Crippen LogP contribution in [0, 0.1) is 5.92 Å². The molecule has 1 heterocycles. The van der Waals surface area contributed by atoms with Gasteiger partial charge >= 0.3 is 5.97 Å². The van der Waals surface area contributed by atoms with E-state index in [0.29, 0.717) is 0 Å². The van der Waals surface area contributed by atoms with Gasteiger partial charge in [-0.1, -0.05) is 12.2 Å². The van der Waals surface area contributed by atoms with Gasteiger partial charge in [-0.15, -0.1) is 0 Å². The number of carboxylic acid groups (broad SMARTS) is 1. The van der Waals surface area contributed by atoms with Gasteiger partial charge in [0.1, 0.15) is 6.04 Å². The Morgan fingerprint density at radius 1 is 1.42 bits per heavy atom. The zero-order chi connectivity index (χ0) is 13.6. The van der Waals surface area contributed by atoms with Crippen LogP contribution in [-0.2, 0) is 4.79 Å². The van der Waals surface area contributed by atoms with Crippen molar-refractivity contribution in [3.63, 3.8) is 0 Å². The number of aliphatic carboxylic acids is 1. The van der Waals surface area contributed by atoms with Crippen molar-refractivity contribution in [2.75, 3.05) is 24.3 Å². The molecule has 2 N–H and O–H groups in total. The molecule has 4 heteroatoms. The van der Waals surface area contributed by atoms with E-state index in [9.17, 15) is 9.90 Å². The minimum Gasteiger partial charge on any atom is -0.480 e. The Labute approximate surface area is 112 Å². The summed E-state index contributed by atoms with van der Waals surface area (Å²) in [5.74, 6) is -0.416. The molecule has 0 saturated heterocycles. The minimum absolute atomic E-state index is 0.127. The van der Waals surface area contributed by atoms with Gasteiger partial charge in [0.05, 0.1) is 0 Å². The van der Waals surface area contributed by atoms with Crippen LogP contribution in [0.25, 0.3) is 0 Å². The lowest BCUT2D eigenvalue weighted by molar-refractivity contribution is -0.139. The number of carbonyl (C=O) groups is 1. The lowest BCUT2D eigenvalue weighted by Crippen LogP contribution is -2.41. The van der Waals surface area contributed by atoms with Crippen molar-refractivity contribution < 1.29 is 9.90 Å². The lowest BCUT2D eigenvalue weighted by Gasteiger charge is -2.35. The first-order valence-electron chi connectivity index (χ1n) is 6.55. The van der Waals surface area contributed by atoms with Crippen molar-refractivity contribution in [2.24, 2.45) is 5.92 Å². The maximum atomic E-state index is 11.4. The standard InChI is InChI=1S/C15H18N2O2/c1-17(2)9-6-7-13-12(8-9)10-4-3-5-11(10)14(16-13)15(18)19/h3-4,6-8,10-11,14,16H,5H2,1-2H3,(H,18,19). The molecule has 19 heavy (non-hydrogen) atoms. The van der Waals surface area contributed by atoms with Crippen LogP contribution in [0.4, 0.5) is 11.4 Å². The second kappa shape index (κ2) is 4.30. The van der Waals surface area contributed by atoms with E-state index in [-0.39, 0.29) is 11.8 Å². The number of fused-ring (bicyclic) bond motifs is 3. The Hall–Kier alpha value is -1.97. The van der Waals surface area contributed by atoms with Gasteiger partial charge in [0.25, 0.3) is 0 Å². The third-order valence-corrected chi connectivity index (χ3v) is 4.13. The smallest absolute Gasteiger partial charge is 0.326 e. The average Bonchev–Trinajstić information content (AvgIpc) is 2.86. The number of nitrogens with one attached hydrogen (secondary N) is 1. The van der Waals surface area contributed by atoms with E-state index in [4.69, 9.17) is 0 Å². The summed E-state index contributed by atoms with van der Waals surface area (Å²) in [6.07, 6.45) is 5.09. The van der Waals surface area contributed by atoms with Gasteiger partial charge in [0.2, 0.25) is 0 Å². The number of carboxylic acids is 1. The SMILES string of the molecule is CN(C)c1ccc2c(c1)C1C=CCC1C(C(=O)O)N2. The van der Waals surface area contributed by atoms with E-state index in [1.165, 1.54) is 5.56 Å². The first kappa shape index (κ1) is 12.1. The maximum Gasteiger partial charge on any atom is 0.326 e. The van der Waals surface area contributed by atoms with Crippen LogP contribution in [-0.4, -0.2) is 31.2 Å². The van der Waals surface area contributed by atoms with Crippen LogP contribution in [0.2, 0.25) is 0 Å². The molecule has 0 radical (unpaired) electrons. The average molecular weight is 258 g/mol. The molecule has 0 amide bonds. The summed E-state index contributed by atoms with van der Waals surface area (Å²) < 4.78 is 0. The van der Waals surface area contributed by atoms with Crippen LogP contribution >= 0.6 is 0 Å². The highest BCUT2D eigenvalue weighted by Gasteiger charge is 2.40. The summed E-state index contributed by atoms with van der Waals surface area (Å²) >= 11 is 0. The zero-order valence-corrected chi connectivity index (χ0v) is 11.1. The molecular formula is C15H18N2O2. The fourth-order valence-corrected chi connectivity index (χ4v) is 3.10. The fourth-order valence-electron chi connectivity index (χ4n) is 3.10. The monoisotopic (exact) mass is 258 g/mol. The molecule has 1 aliphatic carbocycles. The highest BCUT2D eigenvalue weighted by atomic mass is 16.4. The summed E-state index contributed by atoms with van der Waals surface area (Å²) in [6, 6.07) is 5.68. The molecule has 3 unspecified atom stereocenters. The minimum atomic E-state index is -0.763. The summed E-state index contributed by atoms with van der Waals surface area (Å²) in [7, 11) is 4.03. The van der Waals surface area contributed by atoms with E-state index in [1.54, 1.807) is 0 Å². The van der Waals surface area contributed by atoms with Gasteiger partial charge in [0, 0.05) is 37.3 Å². The Morgan fingerprint density at radius 2 is 2.21 bits per heavy atom. The highest BCUT2D eigenvalue weighted by molar-refractivity contribution is 5.81. The molecule has 0 fully saturated rings. The number of nitrogens with zero attached hydrogens (tertiary/aromatic N) is 1. The highest BCUT2D eigenvalue weighted by Crippen LogP contribution is 2.45. The fraction of sp³-hybridized carbons (Fsp3) is 0.400. The van der Waals surface area contributed by atoms with Crippen molar-refractivity contribution in [1.82, 2.24) is 0 Å². The first-order valence-corrected chi connectivity index (χ1v) is 6.55. The molecule has 0 bridgehead atoms. The van der Waals surface area contributed by atoms with Gasteiger partial charge in [-0.2, -0.15) is 0 Å². The summed E-state index contributed by atoms with van der Waals surface area (Å²) in [4.78, 5) is 13.5. The van der Waals surface area contributed by atoms with E-state index in [1.807, 2.05) is 26.2 Å². The van der Waals surface area contributed by atoms with Crippen molar-refractivity contribution in [3.8, 4) is 0 Å². The van der Waals surface area contributed by atoms with Crippen molar-refractivity contribution in [2.45, 2.75) is 18.4 Å². The summed E-state index contributed by atoms with van der Waals surface area (Å²) in [6.45, 7) is 0. The molecule has 3 rings (SSSR count). The van der Waals surface area contributed by atoms with Crippen LogP contribution in [0.5, 0.6) is 0 Å². The first-order chi connectivity index (χ1) is 9.08. The van der Waals surface area contributed by atoms with Gasteiger partial charge < -0.3 is 15.3 Å². The van der Waals surface area contributed by atoms with Crippen molar-refractivity contribution in [1.29, 1.82) is 0 Å². The third-order valence-electron chi connectivity index (χ3n) is 4.13. The molecular weight excluding hydrogens is 240 g/mol. The second-order valence-electron chi connectivity index (χ2n) is 5.48. The normalized spacial score (nSPS) is 27.4. The second-order valence-corrected chi connectivity index (χ2v) is 5.48. The molecule has 0 aromatic heterocycles. The van der Waals surface area contributed by atoms with Gasteiger partial charge in [-0.3, -0.25) is 0 Å². The number of rotatable bonds is 2. The molecule has 1 aromatic carbocycles. The molecule has 1 aliphatic heterocycles. The van der Waals surface area contributed by atoms with Crippen LogP contribution < -0.4 is 10.2 Å². The molecule has 1 aromatic rings. The van der Waals surface area contributed by atoms with E-state index in [0.717, 1.165) is 17.8 Å². The molecule has 2 aliphatic rings. The summed E-state index contributed by atoms with van der Waals surface area (Å²) in [5, 5.41) is 12.5. The van der Waals surface area contributed by atoms with Gasteiger partial charge in [0.15, 0.2) is 0 Å². The third kappa shape index (κ3) is 1.87. The van der Waals surface area contributed by atoms with Gasteiger partial charge in [-0.05, 0) is 30.2 Å². The predicted molar refractivity (Wildman–Crippen MR) is 75.8 cm³/mol. The number of allylic oxidation sites excluding steroid dienone is 2.